The van der Waals surface area contributed by atoms with Crippen molar-refractivity contribution < 1.29 is 4.79 Å². The van der Waals surface area contributed by atoms with Crippen LogP contribution < -0.4 is 0 Å². The zero-order chi connectivity index (χ0) is 9.97. The Morgan fingerprint density at radius 2 is 2.00 bits per heavy atom. The first-order valence-electron chi connectivity index (χ1n) is 4.19. The van der Waals surface area contributed by atoms with Crippen molar-refractivity contribution in [1.82, 2.24) is 4.57 Å². The van der Waals surface area contributed by atoms with Gasteiger partial charge in [-0.05, 0) is 18.2 Å². The average Bonchev–Trinajstić information content (AvgIpc) is 2.67. The molecule has 14 heavy (non-hydrogen) atoms. The van der Waals surface area contributed by atoms with E-state index in [0.717, 1.165) is 12.0 Å². The van der Waals surface area contributed by atoms with Crippen LogP contribution in [0.15, 0.2) is 42.7 Å². The number of hydrogen-bond acceptors (Lipinski definition) is 1. The Balaban J connectivity index is 2.49. The maximum Gasteiger partial charge on any atom is 0.151 e. The van der Waals surface area contributed by atoms with Gasteiger partial charge in [-0.25, -0.2) is 0 Å². The lowest BCUT2D eigenvalue weighted by Gasteiger charge is -2.03. The van der Waals surface area contributed by atoms with Crippen LogP contribution >= 0.6 is 11.6 Å². The molecule has 0 radical (unpaired) electrons. The molecule has 0 fully saturated rings. The van der Waals surface area contributed by atoms with Crippen LogP contribution in [0.25, 0.3) is 5.69 Å². The highest BCUT2D eigenvalue weighted by Crippen LogP contribution is 2.20. The molecule has 0 aliphatic carbocycles. The van der Waals surface area contributed by atoms with Crippen molar-refractivity contribution >= 4 is 17.9 Å². The molecule has 1 aromatic heterocycles. The monoisotopic (exact) mass is 205 g/mol. The van der Waals surface area contributed by atoms with E-state index >= 15 is 0 Å². The Morgan fingerprint density at radius 1 is 1.21 bits per heavy atom. The van der Waals surface area contributed by atoms with Crippen LogP contribution in [-0.4, -0.2) is 10.9 Å². The van der Waals surface area contributed by atoms with Crippen LogP contribution in [0.2, 0.25) is 5.02 Å². The van der Waals surface area contributed by atoms with Gasteiger partial charge in [0.05, 0.1) is 10.7 Å². The molecule has 1 heterocycles. The highest BCUT2D eigenvalue weighted by Gasteiger charge is 2.01. The summed E-state index contributed by atoms with van der Waals surface area (Å²) in [5.41, 5.74) is 1.52. The highest BCUT2D eigenvalue weighted by atomic mass is 35.5. The molecule has 2 nitrogen and oxygen atoms in total. The summed E-state index contributed by atoms with van der Waals surface area (Å²) in [6.07, 6.45) is 4.37. The highest BCUT2D eigenvalue weighted by molar-refractivity contribution is 6.32. The standard InChI is InChI=1S/C11H8ClNO/c12-10-3-1-2-4-11(10)13-6-5-9(7-13)8-14/h1-8H. The van der Waals surface area contributed by atoms with Crippen molar-refractivity contribution in [2.24, 2.45) is 0 Å². The lowest BCUT2D eigenvalue weighted by Crippen LogP contribution is -1.90. The molecule has 0 aliphatic rings. The van der Waals surface area contributed by atoms with E-state index in [0.29, 0.717) is 10.6 Å². The lowest BCUT2D eigenvalue weighted by atomic mass is 10.3. The molecular formula is C11H8ClNO. The molecule has 0 atom stereocenters. The average molecular weight is 206 g/mol. The largest absolute Gasteiger partial charge is 0.322 e. The maximum absolute atomic E-state index is 10.5. The van der Waals surface area contributed by atoms with Crippen LogP contribution in [-0.2, 0) is 0 Å². The van der Waals surface area contributed by atoms with E-state index in [9.17, 15) is 4.79 Å². The summed E-state index contributed by atoms with van der Waals surface area (Å²) in [5.74, 6) is 0. The fourth-order valence-corrected chi connectivity index (χ4v) is 1.53. The van der Waals surface area contributed by atoms with Crippen molar-refractivity contribution in [3.05, 3.63) is 53.3 Å². The van der Waals surface area contributed by atoms with E-state index in [1.807, 2.05) is 35.0 Å². The summed E-state index contributed by atoms with van der Waals surface area (Å²) in [6, 6.07) is 9.24. The van der Waals surface area contributed by atoms with Gasteiger partial charge in [-0.1, -0.05) is 23.7 Å². The number of aromatic nitrogens is 1. The number of carbonyl (C=O) groups excluding carboxylic acids is 1. The van der Waals surface area contributed by atoms with E-state index in [4.69, 9.17) is 11.6 Å². The van der Waals surface area contributed by atoms with Gasteiger partial charge in [0, 0.05) is 18.0 Å². The number of carbonyl (C=O) groups is 1. The smallest absolute Gasteiger partial charge is 0.151 e. The fourth-order valence-electron chi connectivity index (χ4n) is 1.29. The Labute approximate surface area is 86.7 Å². The maximum atomic E-state index is 10.5. The van der Waals surface area contributed by atoms with Crippen LogP contribution in [0.1, 0.15) is 10.4 Å². The Kier molecular flexibility index (Phi) is 2.37. The van der Waals surface area contributed by atoms with Gasteiger partial charge in [-0.15, -0.1) is 0 Å². The first kappa shape index (κ1) is 9.03. The molecule has 70 valence electrons. The predicted octanol–water partition coefficient (Wildman–Crippen LogP) is 2.94. The van der Waals surface area contributed by atoms with E-state index in [-0.39, 0.29) is 0 Å². The summed E-state index contributed by atoms with van der Waals surface area (Å²) >= 11 is 6.00. The summed E-state index contributed by atoms with van der Waals surface area (Å²) < 4.78 is 1.83. The first-order chi connectivity index (χ1) is 6.81. The summed E-state index contributed by atoms with van der Waals surface area (Å²) in [7, 11) is 0. The number of nitrogens with zero attached hydrogens (tertiary/aromatic N) is 1. The minimum absolute atomic E-state index is 0.643. The van der Waals surface area contributed by atoms with E-state index in [1.54, 1.807) is 12.3 Å². The Morgan fingerprint density at radius 3 is 2.64 bits per heavy atom. The fraction of sp³-hybridized carbons (Fsp3) is 0. The normalized spacial score (nSPS) is 10.1. The molecule has 1 aromatic carbocycles. The molecule has 0 unspecified atom stereocenters. The van der Waals surface area contributed by atoms with Crippen molar-refractivity contribution in [2.75, 3.05) is 0 Å². The molecule has 0 aliphatic heterocycles. The van der Waals surface area contributed by atoms with Gasteiger partial charge in [0.15, 0.2) is 6.29 Å². The number of aldehydes is 1. The second kappa shape index (κ2) is 3.68. The summed E-state index contributed by atoms with van der Waals surface area (Å²) in [4.78, 5) is 10.5. The number of hydrogen-bond donors (Lipinski definition) is 0. The van der Waals surface area contributed by atoms with Crippen molar-refractivity contribution in [1.29, 1.82) is 0 Å². The lowest BCUT2D eigenvalue weighted by molar-refractivity contribution is 0.112. The van der Waals surface area contributed by atoms with Crippen molar-refractivity contribution in [2.45, 2.75) is 0 Å². The first-order valence-corrected chi connectivity index (χ1v) is 4.57. The van der Waals surface area contributed by atoms with Crippen LogP contribution in [0.3, 0.4) is 0 Å². The van der Waals surface area contributed by atoms with Gasteiger partial charge in [0.25, 0.3) is 0 Å². The quantitative estimate of drug-likeness (QED) is 0.691. The molecule has 0 bridgehead atoms. The van der Waals surface area contributed by atoms with Crippen LogP contribution in [0, 0.1) is 0 Å². The molecule has 2 aromatic rings. The second-order valence-corrected chi connectivity index (χ2v) is 3.33. The molecule has 2 rings (SSSR count). The van der Waals surface area contributed by atoms with E-state index in [1.165, 1.54) is 0 Å². The molecule has 0 N–H and O–H groups in total. The van der Waals surface area contributed by atoms with Gasteiger partial charge in [-0.2, -0.15) is 0 Å². The zero-order valence-electron chi connectivity index (χ0n) is 7.35. The van der Waals surface area contributed by atoms with Gasteiger partial charge in [0.1, 0.15) is 0 Å². The number of para-hydroxylation sites is 1. The molecule has 3 heteroatoms. The number of rotatable bonds is 2. The molecular weight excluding hydrogens is 198 g/mol. The van der Waals surface area contributed by atoms with Crippen LogP contribution in [0.5, 0.6) is 0 Å². The Hall–Kier alpha value is -1.54. The Bertz CT molecular complexity index is 462. The van der Waals surface area contributed by atoms with Crippen molar-refractivity contribution in [3.8, 4) is 5.69 Å². The van der Waals surface area contributed by atoms with Crippen molar-refractivity contribution in [3.63, 3.8) is 0 Å². The summed E-state index contributed by atoms with van der Waals surface area (Å²) in [6.45, 7) is 0. The third-order valence-corrected chi connectivity index (χ3v) is 2.30. The third kappa shape index (κ3) is 1.56. The van der Waals surface area contributed by atoms with Gasteiger partial charge >= 0.3 is 0 Å². The second-order valence-electron chi connectivity index (χ2n) is 2.92. The van der Waals surface area contributed by atoms with E-state index < -0.39 is 0 Å². The molecule has 0 saturated heterocycles. The van der Waals surface area contributed by atoms with Gasteiger partial charge in [0.2, 0.25) is 0 Å². The predicted molar refractivity (Wildman–Crippen MR) is 56.2 cm³/mol. The minimum atomic E-state index is 0.643. The number of benzene rings is 1. The zero-order valence-corrected chi connectivity index (χ0v) is 8.11. The topological polar surface area (TPSA) is 22.0 Å². The minimum Gasteiger partial charge on any atom is -0.322 e. The van der Waals surface area contributed by atoms with Gasteiger partial charge in [-0.3, -0.25) is 4.79 Å². The molecule has 0 amide bonds. The van der Waals surface area contributed by atoms with Gasteiger partial charge < -0.3 is 4.57 Å². The van der Waals surface area contributed by atoms with E-state index in [2.05, 4.69) is 0 Å². The number of halogens is 1. The van der Waals surface area contributed by atoms with Crippen LogP contribution in [0.4, 0.5) is 0 Å². The molecule has 0 spiro atoms. The summed E-state index contributed by atoms with van der Waals surface area (Å²) in [5, 5.41) is 0.667. The third-order valence-electron chi connectivity index (χ3n) is 1.98. The SMILES string of the molecule is O=Cc1ccn(-c2ccccc2Cl)c1. The molecule has 0 saturated carbocycles.